The molecule has 21 heavy (non-hydrogen) atoms. The lowest BCUT2D eigenvalue weighted by atomic mass is 9.77. The van der Waals surface area contributed by atoms with E-state index in [2.05, 4.69) is 11.0 Å². The Kier molecular flexibility index (Phi) is 5.23. The van der Waals surface area contributed by atoms with Gasteiger partial charge in [0.2, 0.25) is 0 Å². The van der Waals surface area contributed by atoms with Crippen molar-refractivity contribution < 1.29 is 14.6 Å². The molecular formula is C17H25NO3. The van der Waals surface area contributed by atoms with Gasteiger partial charge in [0.15, 0.2) is 0 Å². The number of aliphatic carboxylic acids is 1. The maximum atomic E-state index is 11.6. The van der Waals surface area contributed by atoms with Crippen LogP contribution >= 0.6 is 0 Å². The van der Waals surface area contributed by atoms with E-state index in [4.69, 9.17) is 4.74 Å². The van der Waals surface area contributed by atoms with Gasteiger partial charge in [0.1, 0.15) is 5.75 Å². The second-order valence-electron chi connectivity index (χ2n) is 5.83. The molecule has 0 aliphatic carbocycles. The molecule has 4 heteroatoms. The number of ether oxygens (including phenoxy) is 1. The second-order valence-corrected chi connectivity index (χ2v) is 5.83. The molecule has 1 aliphatic heterocycles. The quantitative estimate of drug-likeness (QED) is 0.874. The molecule has 1 aliphatic rings. The van der Waals surface area contributed by atoms with E-state index in [1.807, 2.05) is 32.0 Å². The van der Waals surface area contributed by atoms with Crippen LogP contribution in [-0.2, 0) is 11.3 Å². The summed E-state index contributed by atoms with van der Waals surface area (Å²) in [4.78, 5) is 13.9. The van der Waals surface area contributed by atoms with Crippen LogP contribution in [0, 0.1) is 5.41 Å². The molecule has 0 bridgehead atoms. The van der Waals surface area contributed by atoms with E-state index in [1.165, 1.54) is 5.56 Å². The van der Waals surface area contributed by atoms with Crippen molar-refractivity contribution >= 4 is 5.97 Å². The Bertz CT molecular complexity index is 489. The normalized spacial score (nSPS) is 23.0. The predicted octanol–water partition coefficient (Wildman–Crippen LogP) is 3.16. The largest absolute Gasteiger partial charge is 0.494 e. The highest BCUT2D eigenvalue weighted by atomic mass is 16.5. The minimum atomic E-state index is -0.655. The number of piperidine rings is 1. The fourth-order valence-electron chi connectivity index (χ4n) is 3.14. The molecule has 1 aromatic rings. The van der Waals surface area contributed by atoms with Gasteiger partial charge < -0.3 is 9.84 Å². The van der Waals surface area contributed by atoms with Crippen molar-refractivity contribution in [1.82, 2.24) is 4.90 Å². The standard InChI is InChI=1S/C17H25NO3/c1-3-17(16(19)20)9-6-10-18(13-17)12-14-7-5-8-15(11-14)21-4-2/h5,7-8,11H,3-4,6,9-10,12-13H2,1-2H3,(H,19,20). The van der Waals surface area contributed by atoms with Crippen LogP contribution in [0.3, 0.4) is 0 Å². The van der Waals surface area contributed by atoms with E-state index < -0.39 is 11.4 Å². The van der Waals surface area contributed by atoms with Gasteiger partial charge in [-0.1, -0.05) is 19.1 Å². The van der Waals surface area contributed by atoms with Crippen molar-refractivity contribution in [3.8, 4) is 5.75 Å². The van der Waals surface area contributed by atoms with Gasteiger partial charge in [0, 0.05) is 13.1 Å². The number of benzene rings is 1. The summed E-state index contributed by atoms with van der Waals surface area (Å²) >= 11 is 0. The molecule has 1 aromatic carbocycles. The molecule has 0 amide bonds. The summed E-state index contributed by atoms with van der Waals surface area (Å²) in [7, 11) is 0. The first-order valence-corrected chi connectivity index (χ1v) is 7.77. The zero-order valence-corrected chi connectivity index (χ0v) is 13.0. The summed E-state index contributed by atoms with van der Waals surface area (Å²) in [6, 6.07) is 8.07. The average Bonchev–Trinajstić information content (AvgIpc) is 2.48. The molecule has 2 rings (SSSR count). The fraction of sp³-hybridized carbons (Fsp3) is 0.588. The molecular weight excluding hydrogens is 266 g/mol. The van der Waals surface area contributed by atoms with Crippen LogP contribution in [0.25, 0.3) is 0 Å². The Morgan fingerprint density at radius 3 is 2.90 bits per heavy atom. The molecule has 1 unspecified atom stereocenters. The van der Waals surface area contributed by atoms with Gasteiger partial charge in [-0.25, -0.2) is 0 Å². The summed E-state index contributed by atoms with van der Waals surface area (Å²) < 4.78 is 5.52. The van der Waals surface area contributed by atoms with Gasteiger partial charge in [-0.2, -0.15) is 0 Å². The highest BCUT2D eigenvalue weighted by Gasteiger charge is 2.40. The van der Waals surface area contributed by atoms with Gasteiger partial charge in [-0.15, -0.1) is 0 Å². The third-order valence-corrected chi connectivity index (χ3v) is 4.40. The number of likely N-dealkylation sites (tertiary alicyclic amines) is 1. The number of hydrogen-bond donors (Lipinski definition) is 1. The molecule has 1 atom stereocenters. The van der Waals surface area contributed by atoms with Gasteiger partial charge in [-0.3, -0.25) is 9.69 Å². The Morgan fingerprint density at radius 1 is 1.43 bits per heavy atom. The Morgan fingerprint density at radius 2 is 2.24 bits per heavy atom. The minimum absolute atomic E-state index is 0.574. The molecule has 1 N–H and O–H groups in total. The Balaban J connectivity index is 2.05. The van der Waals surface area contributed by atoms with Crippen molar-refractivity contribution in [3.05, 3.63) is 29.8 Å². The van der Waals surface area contributed by atoms with Gasteiger partial charge in [0.05, 0.1) is 12.0 Å². The molecule has 0 radical (unpaired) electrons. The van der Waals surface area contributed by atoms with Crippen LogP contribution in [0.2, 0.25) is 0 Å². The average molecular weight is 291 g/mol. The lowest BCUT2D eigenvalue weighted by molar-refractivity contribution is -0.153. The summed E-state index contributed by atoms with van der Waals surface area (Å²) in [6.45, 7) is 7.00. The number of rotatable bonds is 6. The lowest BCUT2D eigenvalue weighted by Crippen LogP contribution is -2.47. The zero-order chi connectivity index (χ0) is 15.3. The van der Waals surface area contributed by atoms with E-state index >= 15 is 0 Å². The SMILES string of the molecule is CCOc1cccc(CN2CCCC(CC)(C(=O)O)C2)c1. The Hall–Kier alpha value is -1.55. The minimum Gasteiger partial charge on any atom is -0.494 e. The number of hydrogen-bond acceptors (Lipinski definition) is 3. The second kappa shape index (κ2) is 6.94. The molecule has 1 heterocycles. The third kappa shape index (κ3) is 3.76. The van der Waals surface area contributed by atoms with Crippen LogP contribution in [0.5, 0.6) is 5.75 Å². The van der Waals surface area contributed by atoms with Crippen molar-refractivity contribution in [2.45, 2.75) is 39.7 Å². The molecule has 1 fully saturated rings. The van der Waals surface area contributed by atoms with E-state index in [0.717, 1.165) is 31.7 Å². The number of carboxylic acid groups (broad SMARTS) is 1. The van der Waals surface area contributed by atoms with Crippen LogP contribution in [-0.4, -0.2) is 35.7 Å². The maximum Gasteiger partial charge on any atom is 0.310 e. The van der Waals surface area contributed by atoms with Gasteiger partial charge >= 0.3 is 5.97 Å². The summed E-state index contributed by atoms with van der Waals surface area (Å²) in [5, 5.41) is 9.54. The van der Waals surface area contributed by atoms with Crippen LogP contribution < -0.4 is 4.74 Å². The van der Waals surface area contributed by atoms with Crippen molar-refractivity contribution in [2.24, 2.45) is 5.41 Å². The summed E-state index contributed by atoms with van der Waals surface area (Å²) in [5.74, 6) is 0.227. The van der Waals surface area contributed by atoms with E-state index in [-0.39, 0.29) is 0 Å². The lowest BCUT2D eigenvalue weighted by Gasteiger charge is -2.39. The van der Waals surface area contributed by atoms with Gasteiger partial charge in [-0.05, 0) is 50.4 Å². The third-order valence-electron chi connectivity index (χ3n) is 4.40. The van der Waals surface area contributed by atoms with E-state index in [1.54, 1.807) is 0 Å². The topological polar surface area (TPSA) is 49.8 Å². The predicted molar refractivity (Wildman–Crippen MR) is 82.5 cm³/mol. The first-order valence-electron chi connectivity index (χ1n) is 7.77. The molecule has 0 saturated carbocycles. The molecule has 116 valence electrons. The van der Waals surface area contributed by atoms with Crippen molar-refractivity contribution in [2.75, 3.05) is 19.7 Å². The van der Waals surface area contributed by atoms with E-state index in [0.29, 0.717) is 19.6 Å². The summed E-state index contributed by atoms with van der Waals surface area (Å²) in [6.07, 6.45) is 2.43. The number of carboxylic acids is 1. The zero-order valence-electron chi connectivity index (χ0n) is 13.0. The van der Waals surface area contributed by atoms with Crippen LogP contribution in [0.15, 0.2) is 24.3 Å². The first-order chi connectivity index (χ1) is 10.1. The van der Waals surface area contributed by atoms with Crippen LogP contribution in [0.4, 0.5) is 0 Å². The molecule has 0 aromatic heterocycles. The molecule has 0 spiro atoms. The molecule has 1 saturated heterocycles. The molecule has 4 nitrogen and oxygen atoms in total. The smallest absolute Gasteiger partial charge is 0.310 e. The van der Waals surface area contributed by atoms with Gasteiger partial charge in [0.25, 0.3) is 0 Å². The number of carbonyl (C=O) groups is 1. The number of nitrogens with zero attached hydrogens (tertiary/aromatic N) is 1. The van der Waals surface area contributed by atoms with Crippen molar-refractivity contribution in [3.63, 3.8) is 0 Å². The maximum absolute atomic E-state index is 11.6. The van der Waals surface area contributed by atoms with E-state index in [9.17, 15) is 9.90 Å². The fourth-order valence-corrected chi connectivity index (χ4v) is 3.14. The highest BCUT2D eigenvalue weighted by molar-refractivity contribution is 5.75. The van der Waals surface area contributed by atoms with Crippen LogP contribution in [0.1, 0.15) is 38.7 Å². The highest BCUT2D eigenvalue weighted by Crippen LogP contribution is 2.34. The monoisotopic (exact) mass is 291 g/mol. The first kappa shape index (κ1) is 15.8. The Labute approximate surface area is 126 Å². The van der Waals surface area contributed by atoms with Crippen molar-refractivity contribution in [1.29, 1.82) is 0 Å². The summed E-state index contributed by atoms with van der Waals surface area (Å²) in [5.41, 5.74) is 0.605.